The standard InChI is InChI=1S/C11H9NO4/c13-7-3-4-9-8(5-7)10(14)16-11(15)12(9)6-1-2-6/h3-6,13H,1-2H2. The summed E-state index contributed by atoms with van der Waals surface area (Å²) in [5.41, 5.74) is -0.172. The van der Waals surface area contributed by atoms with Gasteiger partial charge < -0.3 is 9.52 Å². The Morgan fingerprint density at radius 2 is 2.06 bits per heavy atom. The van der Waals surface area contributed by atoms with Gasteiger partial charge in [0, 0.05) is 6.04 Å². The molecular weight excluding hydrogens is 210 g/mol. The zero-order chi connectivity index (χ0) is 11.3. The fourth-order valence-electron chi connectivity index (χ4n) is 1.86. The van der Waals surface area contributed by atoms with Crippen molar-refractivity contribution in [3.05, 3.63) is 39.2 Å². The minimum atomic E-state index is -0.701. The summed E-state index contributed by atoms with van der Waals surface area (Å²) >= 11 is 0. The molecule has 0 spiro atoms. The summed E-state index contributed by atoms with van der Waals surface area (Å²) in [6.45, 7) is 0. The van der Waals surface area contributed by atoms with E-state index in [0.29, 0.717) is 5.52 Å². The van der Waals surface area contributed by atoms with E-state index in [9.17, 15) is 14.7 Å². The van der Waals surface area contributed by atoms with Crippen molar-refractivity contribution in [1.29, 1.82) is 0 Å². The predicted molar refractivity (Wildman–Crippen MR) is 56.7 cm³/mol. The molecule has 0 amide bonds. The van der Waals surface area contributed by atoms with Crippen molar-refractivity contribution in [1.82, 2.24) is 4.57 Å². The lowest BCUT2D eigenvalue weighted by molar-refractivity contribution is 0.417. The van der Waals surface area contributed by atoms with Crippen LogP contribution in [0.5, 0.6) is 5.75 Å². The Morgan fingerprint density at radius 3 is 2.75 bits per heavy atom. The molecule has 0 aliphatic heterocycles. The summed E-state index contributed by atoms with van der Waals surface area (Å²) in [5, 5.41) is 9.54. The van der Waals surface area contributed by atoms with Gasteiger partial charge in [0.2, 0.25) is 0 Å². The number of fused-ring (bicyclic) bond motifs is 1. The summed E-state index contributed by atoms with van der Waals surface area (Å²) in [6, 6.07) is 4.48. The van der Waals surface area contributed by atoms with Gasteiger partial charge in [-0.2, -0.15) is 0 Å². The first-order valence-electron chi connectivity index (χ1n) is 5.05. The van der Waals surface area contributed by atoms with Crippen molar-refractivity contribution in [3.63, 3.8) is 0 Å². The molecule has 1 aliphatic rings. The molecule has 0 bridgehead atoms. The van der Waals surface area contributed by atoms with Gasteiger partial charge in [0.25, 0.3) is 0 Å². The third-order valence-electron chi connectivity index (χ3n) is 2.75. The van der Waals surface area contributed by atoms with E-state index < -0.39 is 11.4 Å². The van der Waals surface area contributed by atoms with Crippen LogP contribution >= 0.6 is 0 Å². The molecule has 1 heterocycles. The summed E-state index contributed by atoms with van der Waals surface area (Å²) < 4.78 is 6.10. The van der Waals surface area contributed by atoms with Crippen molar-refractivity contribution in [2.75, 3.05) is 0 Å². The van der Waals surface area contributed by atoms with Crippen LogP contribution in [0.2, 0.25) is 0 Å². The lowest BCUT2D eigenvalue weighted by Gasteiger charge is -2.06. The van der Waals surface area contributed by atoms with Crippen molar-refractivity contribution in [3.8, 4) is 5.75 Å². The van der Waals surface area contributed by atoms with Gasteiger partial charge in [-0.1, -0.05) is 0 Å². The number of benzene rings is 1. The maximum absolute atomic E-state index is 11.6. The molecule has 0 saturated heterocycles. The molecule has 1 N–H and O–H groups in total. The Balaban J connectivity index is 2.49. The highest BCUT2D eigenvalue weighted by atomic mass is 16.4. The summed E-state index contributed by atoms with van der Waals surface area (Å²) in [6.07, 6.45) is 1.84. The lowest BCUT2D eigenvalue weighted by Crippen LogP contribution is -2.24. The average Bonchev–Trinajstić information content (AvgIpc) is 3.03. The van der Waals surface area contributed by atoms with E-state index in [-0.39, 0.29) is 17.2 Å². The first-order valence-corrected chi connectivity index (χ1v) is 5.05. The molecule has 1 aliphatic carbocycles. The van der Waals surface area contributed by atoms with E-state index in [1.54, 1.807) is 6.07 Å². The second-order valence-corrected chi connectivity index (χ2v) is 3.96. The van der Waals surface area contributed by atoms with E-state index in [4.69, 9.17) is 0 Å². The van der Waals surface area contributed by atoms with Gasteiger partial charge in [0.1, 0.15) is 5.75 Å². The molecule has 5 nitrogen and oxygen atoms in total. The highest BCUT2D eigenvalue weighted by Crippen LogP contribution is 2.35. The van der Waals surface area contributed by atoms with Crippen molar-refractivity contribution in [2.45, 2.75) is 18.9 Å². The average molecular weight is 219 g/mol. The fraction of sp³-hybridized carbons (Fsp3) is 0.273. The smallest absolute Gasteiger partial charge is 0.422 e. The third-order valence-corrected chi connectivity index (χ3v) is 2.75. The third kappa shape index (κ3) is 1.25. The highest BCUT2D eigenvalue weighted by molar-refractivity contribution is 5.79. The van der Waals surface area contributed by atoms with Crippen LogP contribution in [0.4, 0.5) is 0 Å². The van der Waals surface area contributed by atoms with Crippen LogP contribution in [0.3, 0.4) is 0 Å². The molecule has 1 saturated carbocycles. The summed E-state index contributed by atoms with van der Waals surface area (Å²) in [5.74, 6) is -0.633. The van der Waals surface area contributed by atoms with Crippen LogP contribution in [-0.2, 0) is 0 Å². The van der Waals surface area contributed by atoms with E-state index in [2.05, 4.69) is 4.42 Å². The Hall–Kier alpha value is -2.04. The number of rotatable bonds is 1. The molecule has 0 atom stereocenters. The normalized spacial score (nSPS) is 15.5. The van der Waals surface area contributed by atoms with Crippen molar-refractivity contribution >= 4 is 10.9 Å². The molecule has 2 aromatic rings. The monoisotopic (exact) mass is 219 g/mol. The van der Waals surface area contributed by atoms with Crippen molar-refractivity contribution < 1.29 is 9.52 Å². The second-order valence-electron chi connectivity index (χ2n) is 3.96. The van der Waals surface area contributed by atoms with Crippen LogP contribution in [0, 0.1) is 0 Å². The molecule has 0 radical (unpaired) electrons. The molecule has 82 valence electrons. The Morgan fingerprint density at radius 1 is 1.31 bits per heavy atom. The molecule has 5 heteroatoms. The Labute approximate surface area is 89.6 Å². The number of hydrogen-bond acceptors (Lipinski definition) is 4. The van der Waals surface area contributed by atoms with Gasteiger partial charge in [-0.05, 0) is 31.0 Å². The first-order chi connectivity index (χ1) is 7.66. The maximum atomic E-state index is 11.6. The van der Waals surface area contributed by atoms with Crippen LogP contribution in [0.25, 0.3) is 10.9 Å². The SMILES string of the molecule is O=c1oc(=O)n(C2CC2)c2ccc(O)cc12. The minimum Gasteiger partial charge on any atom is -0.508 e. The zero-order valence-corrected chi connectivity index (χ0v) is 8.34. The summed E-state index contributed by atoms with van der Waals surface area (Å²) in [4.78, 5) is 23.0. The number of phenolic OH excluding ortho intramolecular Hbond substituents is 1. The fourth-order valence-corrected chi connectivity index (χ4v) is 1.86. The quantitative estimate of drug-likeness (QED) is 0.776. The minimum absolute atomic E-state index is 0.0132. The molecule has 1 aromatic carbocycles. The van der Waals surface area contributed by atoms with E-state index in [0.717, 1.165) is 12.8 Å². The van der Waals surface area contributed by atoms with Crippen molar-refractivity contribution in [2.24, 2.45) is 0 Å². The van der Waals surface area contributed by atoms with Gasteiger partial charge in [-0.15, -0.1) is 0 Å². The number of hydrogen-bond donors (Lipinski definition) is 1. The number of aromatic hydroxyl groups is 1. The number of aromatic nitrogens is 1. The van der Waals surface area contributed by atoms with E-state index >= 15 is 0 Å². The van der Waals surface area contributed by atoms with Gasteiger partial charge in [0.15, 0.2) is 0 Å². The topological polar surface area (TPSA) is 72.4 Å². The van der Waals surface area contributed by atoms with E-state index in [1.165, 1.54) is 16.7 Å². The van der Waals surface area contributed by atoms with E-state index in [1.807, 2.05) is 0 Å². The summed E-state index contributed by atoms with van der Waals surface area (Å²) in [7, 11) is 0. The zero-order valence-electron chi connectivity index (χ0n) is 8.34. The predicted octanol–water partition coefficient (Wildman–Crippen LogP) is 0.995. The van der Waals surface area contributed by atoms with Crippen LogP contribution in [0.1, 0.15) is 18.9 Å². The molecule has 1 fully saturated rings. The number of phenols is 1. The molecule has 1 aromatic heterocycles. The van der Waals surface area contributed by atoms with Crippen LogP contribution in [0.15, 0.2) is 32.2 Å². The van der Waals surface area contributed by atoms with Crippen LogP contribution in [-0.4, -0.2) is 9.67 Å². The Kier molecular flexibility index (Phi) is 1.71. The van der Waals surface area contributed by atoms with Gasteiger partial charge in [0.05, 0.1) is 10.9 Å². The molecule has 3 rings (SSSR count). The van der Waals surface area contributed by atoms with Crippen LogP contribution < -0.4 is 11.4 Å². The number of nitrogens with zero attached hydrogens (tertiary/aromatic N) is 1. The molecule has 16 heavy (non-hydrogen) atoms. The molecular formula is C11H9NO4. The largest absolute Gasteiger partial charge is 0.508 e. The lowest BCUT2D eigenvalue weighted by atomic mass is 10.2. The van der Waals surface area contributed by atoms with Gasteiger partial charge in [-0.3, -0.25) is 4.57 Å². The van der Waals surface area contributed by atoms with Gasteiger partial charge >= 0.3 is 11.4 Å². The first kappa shape index (κ1) is 9.21. The second kappa shape index (κ2) is 2.98. The highest BCUT2D eigenvalue weighted by Gasteiger charge is 2.27. The maximum Gasteiger partial charge on any atom is 0.422 e. The Bertz CT molecular complexity index is 678. The van der Waals surface area contributed by atoms with Gasteiger partial charge in [-0.25, -0.2) is 9.59 Å². The molecule has 0 unspecified atom stereocenters.